The average Bonchev–Trinajstić information content (AvgIpc) is 2.62. The number of anilines is 1. The van der Waals surface area contributed by atoms with Crippen molar-refractivity contribution in [1.82, 2.24) is 9.80 Å². The highest BCUT2D eigenvalue weighted by Gasteiger charge is 2.40. The van der Waals surface area contributed by atoms with Crippen molar-refractivity contribution in [3.05, 3.63) is 46.3 Å². The maximum Gasteiger partial charge on any atom is 0.336 e. The van der Waals surface area contributed by atoms with E-state index in [1.807, 2.05) is 0 Å². The molecule has 8 heteroatoms. The summed E-state index contributed by atoms with van der Waals surface area (Å²) in [6.45, 7) is 0. The quantitative estimate of drug-likeness (QED) is 0.363. The zero-order valence-electron chi connectivity index (χ0n) is 11.8. The lowest BCUT2D eigenvalue weighted by atomic mass is 10.2. The van der Waals surface area contributed by atoms with Gasteiger partial charge in [0, 0.05) is 39.5 Å². The number of hydrogen-bond donors (Lipinski definition) is 0. The second-order valence-electron chi connectivity index (χ2n) is 4.74. The largest absolute Gasteiger partial charge is 0.382 e. The summed E-state index contributed by atoms with van der Waals surface area (Å²) in [5.41, 5.74) is 0.200. The van der Waals surface area contributed by atoms with Crippen molar-refractivity contribution in [2.45, 2.75) is 0 Å². The summed E-state index contributed by atoms with van der Waals surface area (Å²) in [6.07, 6.45) is 1.53. The number of non-ortho nitro benzene ring substituents is 1. The number of nitrogens with zero attached hydrogens (tertiary/aromatic N) is 4. The van der Waals surface area contributed by atoms with Gasteiger partial charge in [0.25, 0.3) is 11.6 Å². The minimum absolute atomic E-state index is 0.174. The molecule has 0 aromatic heterocycles. The van der Waals surface area contributed by atoms with Crippen LogP contribution in [0.2, 0.25) is 0 Å². The zero-order valence-corrected chi connectivity index (χ0v) is 11.8. The molecule has 21 heavy (non-hydrogen) atoms. The monoisotopic (exact) mass is 290 g/mol. The van der Waals surface area contributed by atoms with Crippen molar-refractivity contribution >= 4 is 23.3 Å². The summed E-state index contributed by atoms with van der Waals surface area (Å²) >= 11 is 0. The Balaban J connectivity index is 2.45. The highest BCUT2D eigenvalue weighted by molar-refractivity contribution is 6.26. The molecule has 1 heterocycles. The molecular weight excluding hydrogens is 276 g/mol. The second-order valence-corrected chi connectivity index (χ2v) is 4.74. The minimum atomic E-state index is -0.575. The molecule has 110 valence electrons. The molecule has 1 fully saturated rings. The number of hydrogen-bond acceptors (Lipinski definition) is 5. The van der Waals surface area contributed by atoms with Gasteiger partial charge in [-0.1, -0.05) is 6.07 Å². The Hall–Kier alpha value is -2.90. The normalized spacial score (nSPS) is 16.8. The fraction of sp³-hybridized carbons (Fsp3) is 0.231. The molecule has 1 aromatic carbocycles. The molecule has 1 saturated heterocycles. The lowest BCUT2D eigenvalue weighted by Crippen LogP contribution is -2.31. The molecule has 3 amide bonds. The first kappa shape index (κ1) is 14.5. The van der Waals surface area contributed by atoms with E-state index in [4.69, 9.17) is 0 Å². The number of nitro benzene ring substituents is 1. The SMILES string of the molecule is CN(C)/C=C1/C(=O)N(c2cccc([N+](=O)[O-])c2)C(=O)N1C. The molecule has 8 nitrogen and oxygen atoms in total. The third-order valence-corrected chi connectivity index (χ3v) is 2.94. The molecule has 0 N–H and O–H groups in total. The van der Waals surface area contributed by atoms with Gasteiger partial charge in [-0.2, -0.15) is 0 Å². The van der Waals surface area contributed by atoms with Gasteiger partial charge >= 0.3 is 6.03 Å². The minimum Gasteiger partial charge on any atom is -0.382 e. The Morgan fingerprint density at radius 1 is 1.29 bits per heavy atom. The van der Waals surface area contributed by atoms with Crippen LogP contribution in [0.15, 0.2) is 36.2 Å². The van der Waals surface area contributed by atoms with Gasteiger partial charge < -0.3 is 4.90 Å². The number of carbonyl (C=O) groups excluding carboxylic acids is 2. The van der Waals surface area contributed by atoms with Crippen molar-refractivity contribution in [3.8, 4) is 0 Å². The molecule has 0 atom stereocenters. The van der Waals surface area contributed by atoms with Crippen LogP contribution < -0.4 is 4.90 Å². The first-order valence-corrected chi connectivity index (χ1v) is 6.07. The molecule has 0 radical (unpaired) electrons. The van der Waals surface area contributed by atoms with Gasteiger partial charge in [-0.3, -0.25) is 19.8 Å². The van der Waals surface area contributed by atoms with Crippen LogP contribution in [0, 0.1) is 10.1 Å². The predicted molar refractivity (Wildman–Crippen MR) is 75.5 cm³/mol. The van der Waals surface area contributed by atoms with Crippen LogP contribution in [-0.2, 0) is 4.79 Å². The Kier molecular flexibility index (Phi) is 3.62. The van der Waals surface area contributed by atoms with Crippen LogP contribution in [0.1, 0.15) is 0 Å². The maximum absolute atomic E-state index is 12.3. The number of urea groups is 1. The fourth-order valence-corrected chi connectivity index (χ4v) is 1.96. The summed E-state index contributed by atoms with van der Waals surface area (Å²) in [5.74, 6) is -0.517. The van der Waals surface area contributed by atoms with E-state index in [1.54, 1.807) is 19.0 Å². The number of benzene rings is 1. The van der Waals surface area contributed by atoms with Crippen molar-refractivity contribution in [3.63, 3.8) is 0 Å². The van der Waals surface area contributed by atoms with Crippen LogP contribution in [0.4, 0.5) is 16.2 Å². The lowest BCUT2D eigenvalue weighted by molar-refractivity contribution is -0.384. The highest BCUT2D eigenvalue weighted by Crippen LogP contribution is 2.28. The standard InChI is InChI=1S/C13H14N4O4/c1-14(2)8-11-12(18)16(13(19)15(11)3)9-5-4-6-10(7-9)17(20)21/h4-8H,1-3H3/b11-8-. The van der Waals surface area contributed by atoms with Crippen molar-refractivity contribution < 1.29 is 14.5 Å². The number of carbonyl (C=O) groups is 2. The number of imide groups is 1. The van der Waals surface area contributed by atoms with Gasteiger partial charge in [0.15, 0.2) is 0 Å². The summed E-state index contributed by atoms with van der Waals surface area (Å²) in [7, 11) is 4.94. The Labute approximate surface area is 121 Å². The average molecular weight is 290 g/mol. The van der Waals surface area contributed by atoms with Crippen LogP contribution >= 0.6 is 0 Å². The number of rotatable bonds is 3. The van der Waals surface area contributed by atoms with Crippen LogP contribution in [0.5, 0.6) is 0 Å². The first-order valence-electron chi connectivity index (χ1n) is 6.07. The molecule has 0 spiro atoms. The summed E-state index contributed by atoms with van der Waals surface area (Å²) in [4.78, 5) is 38.5. The van der Waals surface area contributed by atoms with Gasteiger partial charge in [-0.25, -0.2) is 9.69 Å². The van der Waals surface area contributed by atoms with Gasteiger partial charge in [0.1, 0.15) is 5.70 Å². The van der Waals surface area contributed by atoms with Gasteiger partial charge in [0.05, 0.1) is 10.6 Å². The van der Waals surface area contributed by atoms with E-state index in [-0.39, 0.29) is 17.1 Å². The lowest BCUT2D eigenvalue weighted by Gasteiger charge is -2.12. The third kappa shape index (κ3) is 2.55. The van der Waals surface area contributed by atoms with Crippen LogP contribution in [0.25, 0.3) is 0 Å². The molecular formula is C13H14N4O4. The number of amides is 3. The Morgan fingerprint density at radius 2 is 1.95 bits per heavy atom. The highest BCUT2D eigenvalue weighted by atomic mass is 16.6. The molecule has 0 bridgehead atoms. The molecule has 1 aliphatic heterocycles. The molecule has 1 aliphatic rings. The van der Waals surface area contributed by atoms with E-state index in [9.17, 15) is 19.7 Å². The Morgan fingerprint density at radius 3 is 2.52 bits per heavy atom. The van der Waals surface area contributed by atoms with E-state index in [1.165, 1.54) is 42.4 Å². The van der Waals surface area contributed by atoms with Gasteiger partial charge in [-0.15, -0.1) is 0 Å². The van der Waals surface area contributed by atoms with E-state index in [0.29, 0.717) is 0 Å². The van der Waals surface area contributed by atoms with Gasteiger partial charge in [0.2, 0.25) is 0 Å². The fourth-order valence-electron chi connectivity index (χ4n) is 1.96. The van der Waals surface area contributed by atoms with E-state index < -0.39 is 16.9 Å². The first-order chi connectivity index (χ1) is 9.82. The Bertz CT molecular complexity index is 653. The van der Waals surface area contributed by atoms with Crippen molar-refractivity contribution in [2.75, 3.05) is 26.0 Å². The van der Waals surface area contributed by atoms with Crippen LogP contribution in [0.3, 0.4) is 0 Å². The molecule has 1 aromatic rings. The van der Waals surface area contributed by atoms with Crippen molar-refractivity contribution in [2.24, 2.45) is 0 Å². The molecule has 2 rings (SSSR count). The molecule has 0 unspecified atom stereocenters. The summed E-state index contributed by atoms with van der Waals surface area (Å²) in [5, 5.41) is 10.8. The smallest absolute Gasteiger partial charge is 0.336 e. The van der Waals surface area contributed by atoms with Crippen LogP contribution in [-0.4, -0.2) is 47.8 Å². The predicted octanol–water partition coefficient (Wildman–Crippen LogP) is 1.40. The summed E-state index contributed by atoms with van der Waals surface area (Å²) in [6, 6.07) is 4.86. The van der Waals surface area contributed by atoms with E-state index in [2.05, 4.69) is 0 Å². The molecule has 0 aliphatic carbocycles. The topological polar surface area (TPSA) is 87.0 Å². The second kappa shape index (κ2) is 5.23. The summed E-state index contributed by atoms with van der Waals surface area (Å²) < 4.78 is 0. The third-order valence-electron chi connectivity index (χ3n) is 2.94. The van der Waals surface area contributed by atoms with Gasteiger partial charge in [-0.05, 0) is 6.07 Å². The maximum atomic E-state index is 12.3. The van der Waals surface area contributed by atoms with Crippen molar-refractivity contribution in [1.29, 1.82) is 0 Å². The zero-order chi connectivity index (χ0) is 15.7. The van der Waals surface area contributed by atoms with E-state index >= 15 is 0 Å². The number of nitro groups is 1. The molecule has 0 saturated carbocycles. The van der Waals surface area contributed by atoms with E-state index in [0.717, 1.165) is 4.90 Å². The number of likely N-dealkylation sites (N-methyl/N-ethyl adjacent to an activating group) is 1.